The molecule has 6 nitrogen and oxygen atoms in total. The molecule has 1 unspecified atom stereocenters. The molecule has 35 heavy (non-hydrogen) atoms. The highest BCUT2D eigenvalue weighted by Crippen LogP contribution is 2.27. The average Bonchev–Trinajstić information content (AvgIpc) is 3.73. The first-order chi connectivity index (χ1) is 17.1. The molecule has 2 N–H and O–H groups in total. The number of rotatable bonds is 13. The molecule has 1 saturated carbocycles. The summed E-state index contributed by atoms with van der Waals surface area (Å²) in [6.45, 7) is 2.52. The zero-order valence-corrected chi connectivity index (χ0v) is 20.0. The molecule has 0 heterocycles. The number of benzene rings is 3. The maximum Gasteiger partial charge on any atom is 0.328 e. The van der Waals surface area contributed by atoms with Crippen molar-refractivity contribution in [2.75, 3.05) is 32.1 Å². The molecular weight excluding hydrogens is 440 g/mol. The Morgan fingerprint density at radius 1 is 0.943 bits per heavy atom. The van der Waals surface area contributed by atoms with Gasteiger partial charge in [0.1, 0.15) is 18.4 Å². The third kappa shape index (κ3) is 7.17. The van der Waals surface area contributed by atoms with Crippen LogP contribution >= 0.6 is 0 Å². The molecule has 0 radical (unpaired) electrons. The molecule has 3 aromatic carbocycles. The van der Waals surface area contributed by atoms with E-state index in [1.165, 1.54) is 20.0 Å². The van der Waals surface area contributed by atoms with Crippen LogP contribution in [0.15, 0.2) is 78.9 Å². The normalized spacial score (nSPS) is 13.6. The summed E-state index contributed by atoms with van der Waals surface area (Å²) < 4.78 is 10.9. The highest BCUT2D eigenvalue weighted by molar-refractivity contribution is 6.12. The van der Waals surface area contributed by atoms with Gasteiger partial charge in [0.05, 0.1) is 7.11 Å². The van der Waals surface area contributed by atoms with E-state index < -0.39 is 12.0 Å². The molecule has 4 rings (SSSR count). The lowest BCUT2D eigenvalue weighted by Gasteiger charge is -2.20. The summed E-state index contributed by atoms with van der Waals surface area (Å²) in [5, 5.41) is 6.65. The van der Waals surface area contributed by atoms with Gasteiger partial charge in [-0.25, -0.2) is 4.79 Å². The van der Waals surface area contributed by atoms with E-state index in [1.54, 1.807) is 24.3 Å². The van der Waals surface area contributed by atoms with Crippen molar-refractivity contribution in [2.45, 2.75) is 25.3 Å². The lowest BCUT2D eigenvalue weighted by atomic mass is 10.00. The molecule has 0 amide bonds. The van der Waals surface area contributed by atoms with Crippen LogP contribution in [0.5, 0.6) is 5.75 Å². The van der Waals surface area contributed by atoms with Gasteiger partial charge in [-0.2, -0.15) is 0 Å². The summed E-state index contributed by atoms with van der Waals surface area (Å²) in [6.07, 6.45) is 3.08. The van der Waals surface area contributed by atoms with E-state index in [0.717, 1.165) is 30.3 Å². The number of hydrogen-bond donors (Lipinski definition) is 2. The number of ketones is 1. The number of nitrogens with one attached hydrogen (secondary N) is 2. The summed E-state index contributed by atoms with van der Waals surface area (Å²) in [4.78, 5) is 25.7. The second-order valence-electron chi connectivity index (χ2n) is 8.80. The topological polar surface area (TPSA) is 76.7 Å². The van der Waals surface area contributed by atoms with E-state index in [9.17, 15) is 9.59 Å². The van der Waals surface area contributed by atoms with Crippen LogP contribution in [0.4, 0.5) is 5.69 Å². The molecule has 1 fully saturated rings. The Labute approximate surface area is 206 Å². The van der Waals surface area contributed by atoms with E-state index in [0.29, 0.717) is 29.8 Å². The van der Waals surface area contributed by atoms with Crippen LogP contribution in [-0.2, 0) is 16.0 Å². The smallest absolute Gasteiger partial charge is 0.328 e. The first kappa shape index (κ1) is 24.5. The van der Waals surface area contributed by atoms with Crippen molar-refractivity contribution in [3.63, 3.8) is 0 Å². The van der Waals surface area contributed by atoms with E-state index in [4.69, 9.17) is 9.47 Å². The van der Waals surface area contributed by atoms with Gasteiger partial charge in [0.25, 0.3) is 0 Å². The average molecular weight is 473 g/mol. The molecule has 0 aromatic heterocycles. The second kappa shape index (κ2) is 12.2. The minimum atomic E-state index is -0.650. The van der Waals surface area contributed by atoms with Crippen LogP contribution in [0.2, 0.25) is 0 Å². The lowest BCUT2D eigenvalue weighted by Crippen LogP contribution is -2.33. The molecule has 0 saturated heterocycles. The number of carbonyl (C=O) groups is 2. The number of hydrogen-bond acceptors (Lipinski definition) is 6. The zero-order valence-electron chi connectivity index (χ0n) is 20.0. The Morgan fingerprint density at radius 2 is 1.66 bits per heavy atom. The van der Waals surface area contributed by atoms with Crippen molar-refractivity contribution in [1.82, 2.24) is 5.32 Å². The van der Waals surface area contributed by atoms with Gasteiger partial charge >= 0.3 is 5.97 Å². The number of methoxy groups -OCH3 is 1. The van der Waals surface area contributed by atoms with Crippen molar-refractivity contribution in [1.29, 1.82) is 0 Å². The molecule has 182 valence electrons. The Hall–Kier alpha value is -3.64. The largest absolute Gasteiger partial charge is 0.492 e. The van der Waals surface area contributed by atoms with Gasteiger partial charge in [-0.15, -0.1) is 0 Å². The first-order valence-electron chi connectivity index (χ1n) is 12.1. The number of anilines is 1. The van der Waals surface area contributed by atoms with Gasteiger partial charge in [-0.3, -0.25) is 4.79 Å². The van der Waals surface area contributed by atoms with Gasteiger partial charge in [-0.1, -0.05) is 54.6 Å². The highest BCUT2D eigenvalue weighted by Gasteiger charge is 2.23. The van der Waals surface area contributed by atoms with Crippen LogP contribution in [0.25, 0.3) is 0 Å². The van der Waals surface area contributed by atoms with Crippen molar-refractivity contribution in [3.05, 3.63) is 95.6 Å². The second-order valence-corrected chi connectivity index (χ2v) is 8.80. The lowest BCUT2D eigenvalue weighted by molar-refractivity contribution is -0.141. The predicted octanol–water partition coefficient (Wildman–Crippen LogP) is 4.49. The number of para-hydroxylation sites is 1. The SMILES string of the molecule is COC(=O)C(Cc1ccc(OCCNCC2CC2)cc1)Nc1ccccc1C(=O)c1ccccc1. The van der Waals surface area contributed by atoms with Crippen LogP contribution in [0.3, 0.4) is 0 Å². The fourth-order valence-electron chi connectivity index (χ4n) is 3.90. The number of carbonyl (C=O) groups excluding carboxylic acids is 2. The van der Waals surface area contributed by atoms with E-state index in [2.05, 4.69) is 10.6 Å². The van der Waals surface area contributed by atoms with Crippen molar-refractivity contribution in [2.24, 2.45) is 5.92 Å². The van der Waals surface area contributed by atoms with Gasteiger partial charge in [0.15, 0.2) is 5.78 Å². The van der Waals surface area contributed by atoms with E-state index in [-0.39, 0.29) is 5.78 Å². The first-order valence-corrected chi connectivity index (χ1v) is 12.1. The maximum atomic E-state index is 13.1. The van der Waals surface area contributed by atoms with E-state index in [1.807, 2.05) is 54.6 Å². The van der Waals surface area contributed by atoms with Crippen LogP contribution in [0.1, 0.15) is 34.3 Å². The summed E-state index contributed by atoms with van der Waals surface area (Å²) in [5.41, 5.74) is 2.65. The molecule has 1 aliphatic carbocycles. The Kier molecular flexibility index (Phi) is 8.52. The third-order valence-electron chi connectivity index (χ3n) is 6.06. The molecule has 0 spiro atoms. The molecule has 0 aliphatic heterocycles. The maximum absolute atomic E-state index is 13.1. The van der Waals surface area contributed by atoms with Crippen LogP contribution in [0, 0.1) is 5.92 Å². The van der Waals surface area contributed by atoms with Crippen molar-refractivity contribution < 1.29 is 19.1 Å². The molecule has 0 bridgehead atoms. The minimum absolute atomic E-state index is 0.106. The molecule has 1 atom stereocenters. The predicted molar refractivity (Wildman–Crippen MR) is 137 cm³/mol. The summed E-state index contributed by atoms with van der Waals surface area (Å²) in [6, 6.07) is 23.4. The molecule has 1 aliphatic rings. The fourth-order valence-corrected chi connectivity index (χ4v) is 3.90. The van der Waals surface area contributed by atoms with Gasteiger partial charge in [0, 0.05) is 29.8 Å². The third-order valence-corrected chi connectivity index (χ3v) is 6.06. The van der Waals surface area contributed by atoms with Crippen LogP contribution in [-0.4, -0.2) is 44.6 Å². The number of ether oxygens (including phenoxy) is 2. The van der Waals surface area contributed by atoms with Gasteiger partial charge < -0.3 is 20.1 Å². The molecule has 3 aromatic rings. The monoisotopic (exact) mass is 472 g/mol. The minimum Gasteiger partial charge on any atom is -0.492 e. The fraction of sp³-hybridized carbons (Fsp3) is 0.310. The Bertz CT molecular complexity index is 1110. The van der Waals surface area contributed by atoms with Gasteiger partial charge in [-0.05, 0) is 55.1 Å². The standard InChI is InChI=1S/C29H32N2O4/c1-34-29(33)27(19-21-13-15-24(16-14-21)35-18-17-30-20-22-11-12-22)31-26-10-6-5-9-25(26)28(32)23-7-3-2-4-8-23/h2-10,13-16,22,27,30-31H,11-12,17-20H2,1H3. The quantitative estimate of drug-likeness (QED) is 0.217. The highest BCUT2D eigenvalue weighted by atomic mass is 16.5. The number of esters is 1. The van der Waals surface area contributed by atoms with E-state index >= 15 is 0 Å². The zero-order chi connectivity index (χ0) is 24.5. The van der Waals surface area contributed by atoms with Crippen molar-refractivity contribution >= 4 is 17.4 Å². The summed E-state index contributed by atoms with van der Waals surface area (Å²) >= 11 is 0. The Morgan fingerprint density at radius 3 is 2.37 bits per heavy atom. The Balaban J connectivity index is 1.39. The van der Waals surface area contributed by atoms with Crippen molar-refractivity contribution in [3.8, 4) is 5.75 Å². The van der Waals surface area contributed by atoms with Gasteiger partial charge in [0.2, 0.25) is 0 Å². The van der Waals surface area contributed by atoms with Crippen LogP contribution < -0.4 is 15.4 Å². The molecule has 6 heteroatoms. The summed E-state index contributed by atoms with van der Waals surface area (Å²) in [7, 11) is 1.37. The summed E-state index contributed by atoms with van der Waals surface area (Å²) in [5.74, 6) is 1.15. The molecular formula is C29H32N2O4.